The highest BCUT2D eigenvalue weighted by molar-refractivity contribution is 5.24. The molecule has 1 fully saturated rings. The number of rotatable bonds is 4. The van der Waals surface area contributed by atoms with Crippen molar-refractivity contribution in [2.24, 2.45) is 17.8 Å². The molecule has 4 atom stereocenters. The van der Waals surface area contributed by atoms with Crippen molar-refractivity contribution >= 4 is 0 Å². The van der Waals surface area contributed by atoms with Crippen LogP contribution < -0.4 is 5.32 Å². The van der Waals surface area contributed by atoms with Crippen molar-refractivity contribution in [2.75, 3.05) is 0 Å². The molecule has 114 valence electrons. The summed E-state index contributed by atoms with van der Waals surface area (Å²) in [5.74, 6) is 3.32. The van der Waals surface area contributed by atoms with Crippen LogP contribution in [0.3, 0.4) is 0 Å². The van der Waals surface area contributed by atoms with E-state index in [4.69, 9.17) is 4.52 Å². The average Bonchev–Trinajstić information content (AvgIpc) is 2.68. The predicted molar refractivity (Wildman–Crippen MR) is 82.7 cm³/mol. The molecule has 1 aromatic heterocycles. The first kappa shape index (κ1) is 15.6. The van der Waals surface area contributed by atoms with Crippen LogP contribution in [0.4, 0.5) is 0 Å². The number of nitrogens with zero attached hydrogens (tertiary/aromatic N) is 1. The topological polar surface area (TPSA) is 38.1 Å². The molecule has 2 rings (SSSR count). The first-order chi connectivity index (χ1) is 9.40. The lowest BCUT2D eigenvalue weighted by molar-refractivity contribution is 0.161. The molecule has 1 aliphatic carbocycles. The van der Waals surface area contributed by atoms with Gasteiger partial charge in [-0.3, -0.25) is 0 Å². The van der Waals surface area contributed by atoms with E-state index in [0.717, 1.165) is 29.2 Å². The first-order valence-corrected chi connectivity index (χ1v) is 8.09. The molecule has 3 heteroatoms. The zero-order chi connectivity index (χ0) is 14.9. The Morgan fingerprint density at radius 3 is 2.45 bits per heavy atom. The van der Waals surface area contributed by atoms with Crippen LogP contribution in [0, 0.1) is 31.6 Å². The molecule has 3 nitrogen and oxygen atoms in total. The SMILES string of the molecule is Cc1noc(C)c1C(C)NC1CC(C)CCC1C(C)C. The zero-order valence-corrected chi connectivity index (χ0v) is 13.9. The maximum Gasteiger partial charge on any atom is 0.138 e. The van der Waals surface area contributed by atoms with Gasteiger partial charge < -0.3 is 9.84 Å². The Kier molecular flexibility index (Phi) is 4.90. The molecule has 0 saturated heterocycles. The van der Waals surface area contributed by atoms with Gasteiger partial charge in [0.25, 0.3) is 0 Å². The van der Waals surface area contributed by atoms with Crippen molar-refractivity contribution in [3.8, 4) is 0 Å². The molecule has 0 spiro atoms. The molecular formula is C17H30N2O. The van der Waals surface area contributed by atoms with E-state index in [1.165, 1.54) is 24.8 Å². The van der Waals surface area contributed by atoms with E-state index in [-0.39, 0.29) is 0 Å². The van der Waals surface area contributed by atoms with Crippen LogP contribution in [0.5, 0.6) is 0 Å². The highest BCUT2D eigenvalue weighted by Gasteiger charge is 2.32. The summed E-state index contributed by atoms with van der Waals surface area (Å²) < 4.78 is 5.31. The Morgan fingerprint density at radius 1 is 1.20 bits per heavy atom. The van der Waals surface area contributed by atoms with Crippen LogP contribution in [-0.2, 0) is 0 Å². The summed E-state index contributed by atoms with van der Waals surface area (Å²) in [7, 11) is 0. The molecule has 1 aromatic rings. The minimum absolute atomic E-state index is 0.317. The van der Waals surface area contributed by atoms with Crippen LogP contribution in [0.2, 0.25) is 0 Å². The standard InChI is InChI=1S/C17H30N2O/c1-10(2)15-8-7-11(3)9-16(15)18-12(4)17-13(5)19-20-14(17)6/h10-12,15-16,18H,7-9H2,1-6H3. The molecule has 20 heavy (non-hydrogen) atoms. The molecule has 1 N–H and O–H groups in total. The van der Waals surface area contributed by atoms with E-state index in [0.29, 0.717) is 12.1 Å². The van der Waals surface area contributed by atoms with Crippen molar-refractivity contribution in [3.05, 3.63) is 17.0 Å². The second-order valence-electron chi connectivity index (χ2n) is 7.06. The Balaban J connectivity index is 2.10. The van der Waals surface area contributed by atoms with Crippen LogP contribution in [0.1, 0.15) is 70.0 Å². The van der Waals surface area contributed by atoms with Crippen LogP contribution in [0.15, 0.2) is 4.52 Å². The van der Waals surface area contributed by atoms with Crippen molar-refractivity contribution in [2.45, 2.75) is 72.9 Å². The minimum Gasteiger partial charge on any atom is -0.361 e. The van der Waals surface area contributed by atoms with Crippen molar-refractivity contribution in [3.63, 3.8) is 0 Å². The molecule has 1 heterocycles. The lowest BCUT2D eigenvalue weighted by atomic mass is 9.73. The van der Waals surface area contributed by atoms with Gasteiger partial charge in [0.2, 0.25) is 0 Å². The summed E-state index contributed by atoms with van der Waals surface area (Å²) in [6.07, 6.45) is 4.02. The highest BCUT2D eigenvalue weighted by atomic mass is 16.5. The highest BCUT2D eigenvalue weighted by Crippen LogP contribution is 2.35. The van der Waals surface area contributed by atoms with Gasteiger partial charge in [0.1, 0.15) is 5.76 Å². The third-order valence-electron chi connectivity index (χ3n) is 5.01. The molecule has 0 aliphatic heterocycles. The molecule has 0 aromatic carbocycles. The van der Waals surface area contributed by atoms with E-state index in [1.54, 1.807) is 0 Å². The monoisotopic (exact) mass is 278 g/mol. The largest absolute Gasteiger partial charge is 0.361 e. The zero-order valence-electron chi connectivity index (χ0n) is 13.9. The smallest absolute Gasteiger partial charge is 0.138 e. The van der Waals surface area contributed by atoms with Crippen molar-refractivity contribution in [1.82, 2.24) is 10.5 Å². The molecule has 4 unspecified atom stereocenters. The van der Waals surface area contributed by atoms with E-state index < -0.39 is 0 Å². The molecule has 0 amide bonds. The first-order valence-electron chi connectivity index (χ1n) is 8.09. The number of aromatic nitrogens is 1. The average molecular weight is 278 g/mol. The quantitative estimate of drug-likeness (QED) is 0.887. The van der Waals surface area contributed by atoms with E-state index in [2.05, 4.69) is 38.2 Å². The number of hydrogen-bond donors (Lipinski definition) is 1. The predicted octanol–water partition coefficient (Wildman–Crippen LogP) is 4.40. The molecule has 1 saturated carbocycles. The molecule has 0 bridgehead atoms. The molecule has 1 aliphatic rings. The summed E-state index contributed by atoms with van der Waals surface area (Å²) in [5.41, 5.74) is 2.26. The van der Waals surface area contributed by atoms with Gasteiger partial charge in [0.05, 0.1) is 5.69 Å². The van der Waals surface area contributed by atoms with Gasteiger partial charge in [0, 0.05) is 17.6 Å². The summed E-state index contributed by atoms with van der Waals surface area (Å²) in [6, 6.07) is 0.931. The van der Waals surface area contributed by atoms with Gasteiger partial charge in [-0.15, -0.1) is 0 Å². The van der Waals surface area contributed by atoms with Gasteiger partial charge in [-0.2, -0.15) is 0 Å². The second kappa shape index (κ2) is 6.30. The third-order valence-corrected chi connectivity index (χ3v) is 5.01. The van der Waals surface area contributed by atoms with Crippen LogP contribution in [-0.4, -0.2) is 11.2 Å². The Morgan fingerprint density at radius 2 is 1.90 bits per heavy atom. The fourth-order valence-corrected chi connectivity index (χ4v) is 3.91. The number of aryl methyl sites for hydroxylation is 2. The fourth-order valence-electron chi connectivity index (χ4n) is 3.91. The molecule has 0 radical (unpaired) electrons. The summed E-state index contributed by atoms with van der Waals surface area (Å²) in [4.78, 5) is 0. The third kappa shape index (κ3) is 3.25. The summed E-state index contributed by atoms with van der Waals surface area (Å²) >= 11 is 0. The van der Waals surface area contributed by atoms with E-state index in [9.17, 15) is 0 Å². The number of nitrogens with one attached hydrogen (secondary N) is 1. The second-order valence-corrected chi connectivity index (χ2v) is 7.06. The Bertz CT molecular complexity index is 419. The maximum atomic E-state index is 5.31. The van der Waals surface area contributed by atoms with Gasteiger partial charge in [-0.05, 0) is 51.4 Å². The Labute approximate surface area is 123 Å². The van der Waals surface area contributed by atoms with E-state index >= 15 is 0 Å². The van der Waals surface area contributed by atoms with Crippen molar-refractivity contribution in [1.29, 1.82) is 0 Å². The minimum atomic E-state index is 0.317. The lowest BCUT2D eigenvalue weighted by Gasteiger charge is -2.39. The normalized spacial score (nSPS) is 28.9. The maximum absolute atomic E-state index is 5.31. The summed E-state index contributed by atoms with van der Waals surface area (Å²) in [6.45, 7) is 13.4. The van der Waals surface area contributed by atoms with Gasteiger partial charge in [-0.1, -0.05) is 32.3 Å². The Hall–Kier alpha value is -0.830. The van der Waals surface area contributed by atoms with Crippen LogP contribution >= 0.6 is 0 Å². The fraction of sp³-hybridized carbons (Fsp3) is 0.824. The van der Waals surface area contributed by atoms with Crippen LogP contribution in [0.25, 0.3) is 0 Å². The van der Waals surface area contributed by atoms with Gasteiger partial charge in [0.15, 0.2) is 0 Å². The van der Waals surface area contributed by atoms with Crippen molar-refractivity contribution < 1.29 is 4.52 Å². The lowest BCUT2D eigenvalue weighted by Crippen LogP contribution is -2.44. The summed E-state index contributed by atoms with van der Waals surface area (Å²) in [5, 5.41) is 7.95. The van der Waals surface area contributed by atoms with E-state index in [1.807, 2.05) is 13.8 Å². The van der Waals surface area contributed by atoms with Gasteiger partial charge >= 0.3 is 0 Å². The van der Waals surface area contributed by atoms with Gasteiger partial charge in [-0.25, -0.2) is 0 Å². The number of hydrogen-bond acceptors (Lipinski definition) is 3. The molecular weight excluding hydrogens is 248 g/mol.